The van der Waals surface area contributed by atoms with Crippen molar-refractivity contribution in [3.63, 3.8) is 0 Å². The van der Waals surface area contributed by atoms with Crippen molar-refractivity contribution in [3.05, 3.63) is 0 Å². The van der Waals surface area contributed by atoms with Crippen molar-refractivity contribution in [1.82, 2.24) is 0 Å². The number of carbonyl (C=O) groups excluding carboxylic acids is 1. The van der Waals surface area contributed by atoms with Crippen LogP contribution in [0.5, 0.6) is 0 Å². The molecule has 0 bridgehead atoms. The van der Waals surface area contributed by atoms with E-state index in [9.17, 15) is 20.1 Å². The SMILES string of the molecule is CC(N)C(=O)CCCCSC1OC(CO)C(O)C(O)C1O. The molecule has 1 aliphatic rings. The Kier molecular flexibility index (Phi) is 8.10. The standard InChI is InChI=1S/C13H25NO6S/c1-7(14)8(16)4-2-3-5-21-13-12(19)11(18)10(17)9(6-15)20-13/h7,9-13,15,17-19H,2-6,14H2,1H3. The predicted molar refractivity (Wildman–Crippen MR) is 78.7 cm³/mol. The molecule has 8 heteroatoms. The molecule has 0 aromatic rings. The summed E-state index contributed by atoms with van der Waals surface area (Å²) in [7, 11) is 0. The van der Waals surface area contributed by atoms with Gasteiger partial charge in [-0.3, -0.25) is 4.79 Å². The molecule has 0 radical (unpaired) electrons. The number of unbranched alkanes of at least 4 members (excludes halogenated alkanes) is 1. The smallest absolute Gasteiger partial charge is 0.149 e. The number of aliphatic hydroxyl groups is 4. The van der Waals surface area contributed by atoms with Gasteiger partial charge in [-0.2, -0.15) is 0 Å². The van der Waals surface area contributed by atoms with Crippen molar-refractivity contribution >= 4 is 17.5 Å². The Balaban J connectivity index is 2.29. The average molecular weight is 323 g/mol. The molecule has 21 heavy (non-hydrogen) atoms. The Morgan fingerprint density at radius 1 is 1.24 bits per heavy atom. The first-order valence-corrected chi connectivity index (χ1v) is 8.13. The van der Waals surface area contributed by atoms with Crippen molar-refractivity contribution in [2.45, 2.75) is 62.1 Å². The summed E-state index contributed by atoms with van der Waals surface area (Å²) in [5, 5.41) is 38.2. The van der Waals surface area contributed by atoms with Crippen LogP contribution in [0.25, 0.3) is 0 Å². The van der Waals surface area contributed by atoms with E-state index in [1.807, 2.05) is 0 Å². The van der Waals surface area contributed by atoms with Gasteiger partial charge in [0.05, 0.1) is 12.6 Å². The Hall–Kier alpha value is -0.220. The zero-order chi connectivity index (χ0) is 16.0. The van der Waals surface area contributed by atoms with E-state index in [2.05, 4.69) is 0 Å². The number of nitrogens with two attached hydrogens (primary N) is 1. The molecule has 1 heterocycles. The maximum absolute atomic E-state index is 11.3. The molecule has 7 nitrogen and oxygen atoms in total. The third kappa shape index (κ3) is 5.48. The zero-order valence-corrected chi connectivity index (χ0v) is 12.9. The van der Waals surface area contributed by atoms with Gasteiger partial charge in [-0.05, 0) is 25.5 Å². The van der Waals surface area contributed by atoms with Crippen LogP contribution in [0.4, 0.5) is 0 Å². The van der Waals surface area contributed by atoms with E-state index in [0.29, 0.717) is 18.6 Å². The number of aliphatic hydroxyl groups excluding tert-OH is 4. The van der Waals surface area contributed by atoms with Crippen molar-refractivity contribution in [3.8, 4) is 0 Å². The lowest BCUT2D eigenvalue weighted by Gasteiger charge is -2.39. The van der Waals surface area contributed by atoms with Crippen LogP contribution < -0.4 is 5.73 Å². The van der Waals surface area contributed by atoms with Gasteiger partial charge in [0.25, 0.3) is 0 Å². The van der Waals surface area contributed by atoms with Gasteiger partial charge in [0.15, 0.2) is 0 Å². The summed E-state index contributed by atoms with van der Waals surface area (Å²) in [6.45, 7) is 1.23. The number of ketones is 1. The average Bonchev–Trinajstić information content (AvgIpc) is 2.46. The fourth-order valence-electron chi connectivity index (χ4n) is 2.03. The number of rotatable bonds is 8. The summed E-state index contributed by atoms with van der Waals surface area (Å²) in [6.07, 6.45) is -2.88. The molecule has 0 aliphatic carbocycles. The van der Waals surface area contributed by atoms with E-state index in [1.165, 1.54) is 11.8 Å². The quantitative estimate of drug-likeness (QED) is 0.345. The van der Waals surface area contributed by atoms with Crippen molar-refractivity contribution in [2.75, 3.05) is 12.4 Å². The molecule has 0 saturated carbocycles. The van der Waals surface area contributed by atoms with Crippen LogP contribution in [0.2, 0.25) is 0 Å². The van der Waals surface area contributed by atoms with Crippen LogP contribution in [-0.2, 0) is 9.53 Å². The Bertz CT molecular complexity index is 328. The minimum absolute atomic E-state index is 0.0211. The zero-order valence-electron chi connectivity index (χ0n) is 12.1. The molecule has 6 atom stereocenters. The summed E-state index contributed by atoms with van der Waals surface area (Å²) in [5.74, 6) is 0.655. The number of thioether (sulfide) groups is 1. The fourth-order valence-corrected chi connectivity index (χ4v) is 3.22. The highest BCUT2D eigenvalue weighted by Crippen LogP contribution is 2.29. The van der Waals surface area contributed by atoms with Crippen molar-refractivity contribution < 1.29 is 30.0 Å². The third-order valence-electron chi connectivity index (χ3n) is 3.46. The molecule has 1 saturated heterocycles. The molecule has 124 valence electrons. The van der Waals surface area contributed by atoms with E-state index in [-0.39, 0.29) is 5.78 Å². The second-order valence-electron chi connectivity index (χ2n) is 5.28. The van der Waals surface area contributed by atoms with Gasteiger partial charge in [-0.1, -0.05) is 0 Å². The Morgan fingerprint density at radius 2 is 1.90 bits per heavy atom. The molecule has 6 unspecified atom stereocenters. The largest absolute Gasteiger partial charge is 0.394 e. The molecule has 0 aromatic carbocycles. The minimum Gasteiger partial charge on any atom is -0.394 e. The second kappa shape index (κ2) is 9.04. The molecule has 6 N–H and O–H groups in total. The van der Waals surface area contributed by atoms with Gasteiger partial charge >= 0.3 is 0 Å². The van der Waals surface area contributed by atoms with Crippen LogP contribution in [-0.4, -0.2) is 74.5 Å². The normalized spacial score (nSPS) is 34.7. The molecule has 0 spiro atoms. The summed E-state index contributed by atoms with van der Waals surface area (Å²) >= 11 is 1.29. The summed E-state index contributed by atoms with van der Waals surface area (Å²) < 4.78 is 5.36. The van der Waals surface area contributed by atoms with Crippen LogP contribution in [0.3, 0.4) is 0 Å². The summed E-state index contributed by atoms with van der Waals surface area (Å²) in [6, 6.07) is -0.442. The number of ether oxygens (including phenoxy) is 1. The Morgan fingerprint density at radius 3 is 2.48 bits per heavy atom. The molecule has 0 amide bonds. The number of hydrogen-bond acceptors (Lipinski definition) is 8. The molecule has 1 aliphatic heterocycles. The fraction of sp³-hybridized carbons (Fsp3) is 0.923. The van der Waals surface area contributed by atoms with Crippen LogP contribution in [0.15, 0.2) is 0 Å². The lowest BCUT2D eigenvalue weighted by Crippen LogP contribution is -2.57. The summed E-state index contributed by atoms with van der Waals surface area (Å²) in [4.78, 5) is 11.3. The Labute approximate surface area is 128 Å². The van der Waals surface area contributed by atoms with E-state index in [4.69, 9.17) is 15.6 Å². The van der Waals surface area contributed by atoms with E-state index in [0.717, 1.165) is 6.42 Å². The van der Waals surface area contributed by atoms with Gasteiger partial charge in [0, 0.05) is 6.42 Å². The number of carbonyl (C=O) groups is 1. The van der Waals surface area contributed by atoms with Gasteiger partial charge in [0.2, 0.25) is 0 Å². The maximum Gasteiger partial charge on any atom is 0.149 e. The topological polar surface area (TPSA) is 133 Å². The van der Waals surface area contributed by atoms with Gasteiger partial charge in [-0.25, -0.2) is 0 Å². The second-order valence-corrected chi connectivity index (χ2v) is 6.49. The molecule has 0 aromatic heterocycles. The highest BCUT2D eigenvalue weighted by Gasteiger charge is 2.43. The number of Topliss-reactive ketones (excluding diaryl/α,β-unsaturated/α-hetero) is 1. The van der Waals surface area contributed by atoms with E-state index < -0.39 is 42.5 Å². The van der Waals surface area contributed by atoms with Crippen LogP contribution >= 0.6 is 11.8 Å². The van der Waals surface area contributed by atoms with Gasteiger partial charge < -0.3 is 30.9 Å². The minimum atomic E-state index is -1.34. The first kappa shape index (κ1) is 18.8. The lowest BCUT2D eigenvalue weighted by atomic mass is 10.0. The monoisotopic (exact) mass is 323 g/mol. The first-order valence-electron chi connectivity index (χ1n) is 7.09. The summed E-state index contributed by atoms with van der Waals surface area (Å²) in [5.41, 5.74) is 4.76. The van der Waals surface area contributed by atoms with Crippen LogP contribution in [0, 0.1) is 0 Å². The highest BCUT2D eigenvalue weighted by atomic mass is 32.2. The predicted octanol–water partition coefficient (Wildman–Crippen LogP) is -1.39. The van der Waals surface area contributed by atoms with Gasteiger partial charge in [0.1, 0.15) is 35.6 Å². The van der Waals surface area contributed by atoms with Crippen LogP contribution in [0.1, 0.15) is 26.2 Å². The highest BCUT2D eigenvalue weighted by molar-refractivity contribution is 7.99. The molecule has 1 fully saturated rings. The van der Waals surface area contributed by atoms with Crippen molar-refractivity contribution in [1.29, 1.82) is 0 Å². The molecular formula is C13H25NO6S. The maximum atomic E-state index is 11.3. The van der Waals surface area contributed by atoms with Gasteiger partial charge in [-0.15, -0.1) is 11.8 Å². The van der Waals surface area contributed by atoms with E-state index >= 15 is 0 Å². The molecule has 1 rings (SSSR count). The molecular weight excluding hydrogens is 298 g/mol. The lowest BCUT2D eigenvalue weighted by molar-refractivity contribution is -0.205. The van der Waals surface area contributed by atoms with Crippen molar-refractivity contribution in [2.24, 2.45) is 5.73 Å². The number of hydrogen-bond donors (Lipinski definition) is 5. The third-order valence-corrected chi connectivity index (χ3v) is 4.70. The first-order chi connectivity index (χ1) is 9.88. The van der Waals surface area contributed by atoms with E-state index in [1.54, 1.807) is 6.92 Å².